The van der Waals surface area contributed by atoms with Crippen LogP contribution in [-0.4, -0.2) is 24.0 Å². The first-order valence-corrected chi connectivity index (χ1v) is 16.0. The van der Waals surface area contributed by atoms with Crippen molar-refractivity contribution in [3.8, 4) is 0 Å². The fourth-order valence-electron chi connectivity index (χ4n) is 6.27. The zero-order valence-electron chi connectivity index (χ0n) is 29.3. The van der Waals surface area contributed by atoms with Gasteiger partial charge in [0.05, 0.1) is 0 Å². The summed E-state index contributed by atoms with van der Waals surface area (Å²) in [4.78, 5) is 35.7. The molecule has 0 spiro atoms. The number of benzene rings is 4. The number of hydrogen-bond donors (Lipinski definition) is 0. The average Bonchev–Trinajstić information content (AvgIpc) is 3.01. The van der Waals surface area contributed by atoms with Gasteiger partial charge >= 0.3 is 16.8 Å². The van der Waals surface area contributed by atoms with E-state index in [2.05, 4.69) is 0 Å². The van der Waals surface area contributed by atoms with Gasteiger partial charge in [0.15, 0.2) is 11.6 Å². The fourth-order valence-corrected chi connectivity index (χ4v) is 6.27. The number of carbonyl (C=O) groups excluding carboxylic acids is 2. The monoisotopic (exact) mass is 697 g/mol. The average molecular weight is 698 g/mol. The van der Waals surface area contributed by atoms with E-state index in [1.807, 2.05) is 126 Å². The fraction of sp³-hybridized carbons (Fsp3) is 0.238. The van der Waals surface area contributed by atoms with Crippen molar-refractivity contribution in [2.45, 2.75) is 67.5 Å². The van der Waals surface area contributed by atoms with Crippen molar-refractivity contribution >= 4 is 35.5 Å². The van der Waals surface area contributed by atoms with E-state index in [9.17, 15) is 19.8 Å². The predicted octanol–water partition coefficient (Wildman–Crippen LogP) is 7.18. The van der Waals surface area contributed by atoms with Gasteiger partial charge in [0, 0.05) is 23.6 Å². The Morgan fingerprint density at radius 3 is 1.10 bits per heavy atom. The quantitative estimate of drug-likeness (QED) is 0.0941. The summed E-state index contributed by atoms with van der Waals surface area (Å²) in [5.41, 5.74) is 7.62. The number of hydrogen-bond acceptors (Lipinski definition) is 6. The van der Waals surface area contributed by atoms with Crippen LogP contribution >= 0.6 is 0 Å². The molecule has 253 valence electrons. The minimum Gasteiger partial charge on any atom is -0.872 e. The molecule has 1 radical (unpaired) electrons. The third-order valence-corrected chi connectivity index (χ3v) is 8.37. The second kappa shape index (κ2) is 17.0. The maximum absolute atomic E-state index is 13.8. The van der Waals surface area contributed by atoms with E-state index in [-0.39, 0.29) is 27.9 Å². The SMILES string of the molecule is CC(=O)/C(C=N[C@@H](c1ccccc1)[C@@H](N=C/C(C(C)=O)=C(\[O-])c1c(C)cc(C)cc1C)c1ccccc1)=C(\[O-])c1c(C)cc(C)cc1C.[Co+2]. The Labute approximate surface area is 300 Å². The zero-order chi connectivity index (χ0) is 35.1. The standard InChI is InChI=1S/C42H44N2O4.Co/c1-25-19-27(3)37(28(4)20-25)41(47)35(31(7)45)23-43-39(33-15-11-9-12-16-33)40(34-17-13-10-14-18-34)44-24-36(32(8)46)42(48)38-29(5)21-26(2)22-30(38)6;/h9-24,39-40,47-48H,1-8H3;/q;+2/p-2/b41-35-,42-36+,43-23?,44-24?;/t39-,40-;/m0./s1. The van der Waals surface area contributed by atoms with Crippen molar-refractivity contribution in [3.63, 3.8) is 0 Å². The predicted molar refractivity (Wildman–Crippen MR) is 192 cm³/mol. The minimum atomic E-state index is -0.710. The van der Waals surface area contributed by atoms with Crippen molar-refractivity contribution in [2.75, 3.05) is 0 Å². The summed E-state index contributed by atoms with van der Waals surface area (Å²) < 4.78 is 0. The van der Waals surface area contributed by atoms with Crippen LogP contribution in [0.3, 0.4) is 0 Å². The maximum atomic E-state index is 13.8. The van der Waals surface area contributed by atoms with Gasteiger partial charge in [0.2, 0.25) is 0 Å². The van der Waals surface area contributed by atoms with Gasteiger partial charge in [-0.2, -0.15) is 0 Å². The maximum Gasteiger partial charge on any atom is 2.00 e. The molecular formula is C42H42CoN2O4. The number of aryl methyl sites for hydroxylation is 6. The molecule has 0 aliphatic heterocycles. The topological polar surface area (TPSA) is 105 Å². The Kier molecular flexibility index (Phi) is 13.4. The molecule has 0 aliphatic rings. The first-order chi connectivity index (χ1) is 22.8. The molecule has 4 rings (SSSR count). The number of ketones is 2. The van der Waals surface area contributed by atoms with Crippen LogP contribution in [0.25, 0.3) is 11.5 Å². The van der Waals surface area contributed by atoms with E-state index in [1.165, 1.54) is 26.3 Å². The second-order valence-electron chi connectivity index (χ2n) is 12.4. The molecule has 2 atom stereocenters. The second-order valence-corrected chi connectivity index (χ2v) is 12.4. The van der Waals surface area contributed by atoms with Crippen LogP contribution in [0.4, 0.5) is 0 Å². The van der Waals surface area contributed by atoms with Gasteiger partial charge in [-0.15, -0.1) is 0 Å². The molecule has 6 nitrogen and oxygen atoms in total. The van der Waals surface area contributed by atoms with Crippen LogP contribution in [0.5, 0.6) is 0 Å². The molecule has 0 aliphatic carbocycles. The molecule has 7 heteroatoms. The van der Waals surface area contributed by atoms with Gasteiger partial charge in [0.1, 0.15) is 12.1 Å². The summed E-state index contributed by atoms with van der Waals surface area (Å²) in [6, 6.07) is 25.2. The largest absolute Gasteiger partial charge is 2.00 e. The van der Waals surface area contributed by atoms with Gasteiger partial charge in [-0.25, -0.2) is 0 Å². The minimum absolute atomic E-state index is 0. The smallest absolute Gasteiger partial charge is 0.872 e. The molecule has 4 aromatic carbocycles. The van der Waals surface area contributed by atoms with E-state index in [0.29, 0.717) is 11.1 Å². The molecule has 4 aromatic rings. The van der Waals surface area contributed by atoms with Gasteiger partial charge in [-0.05, 0) is 99.9 Å². The molecule has 0 bridgehead atoms. The summed E-state index contributed by atoms with van der Waals surface area (Å²) in [6.45, 7) is 14.1. The van der Waals surface area contributed by atoms with Crippen molar-refractivity contribution in [3.05, 3.63) is 152 Å². The van der Waals surface area contributed by atoms with Crippen molar-refractivity contribution in [1.29, 1.82) is 0 Å². The Morgan fingerprint density at radius 2 is 0.837 bits per heavy atom. The zero-order valence-corrected chi connectivity index (χ0v) is 30.3. The number of allylic oxidation sites excluding steroid dienone is 2. The van der Waals surface area contributed by atoms with E-state index in [4.69, 9.17) is 9.98 Å². The number of Topliss-reactive ketones (excluding diaryl/α,β-unsaturated/α-hetero) is 2. The molecule has 0 saturated carbocycles. The van der Waals surface area contributed by atoms with Crippen molar-refractivity contribution < 1.29 is 36.6 Å². The summed E-state index contributed by atoms with van der Waals surface area (Å²) in [6.07, 6.45) is 2.71. The van der Waals surface area contributed by atoms with Crippen LogP contribution in [0, 0.1) is 41.5 Å². The van der Waals surface area contributed by atoms with Gasteiger partial charge < -0.3 is 10.2 Å². The third kappa shape index (κ3) is 9.19. The third-order valence-electron chi connectivity index (χ3n) is 8.37. The Balaban J connectivity index is 0.00000650. The summed E-state index contributed by atoms with van der Waals surface area (Å²) >= 11 is 0. The molecule has 0 saturated heterocycles. The summed E-state index contributed by atoms with van der Waals surface area (Å²) in [7, 11) is 0. The Hall–Kier alpha value is -4.85. The van der Waals surface area contributed by atoms with Crippen LogP contribution in [0.2, 0.25) is 0 Å². The van der Waals surface area contributed by atoms with Crippen LogP contribution in [0.1, 0.15) is 81.6 Å². The molecule has 0 heterocycles. The first kappa shape index (κ1) is 38.6. The molecule has 0 aromatic heterocycles. The number of nitrogens with zero attached hydrogens (tertiary/aromatic N) is 2. The number of aliphatic imine (C=N–C) groups is 2. The molecule has 0 unspecified atom stereocenters. The number of carbonyl (C=O) groups is 2. The van der Waals surface area contributed by atoms with Crippen LogP contribution in [0.15, 0.2) is 106 Å². The van der Waals surface area contributed by atoms with Crippen molar-refractivity contribution in [1.82, 2.24) is 0 Å². The van der Waals surface area contributed by atoms with Gasteiger partial charge in [0.25, 0.3) is 0 Å². The molecule has 0 fully saturated rings. The molecule has 0 N–H and O–H groups in total. The molecule has 49 heavy (non-hydrogen) atoms. The van der Waals surface area contributed by atoms with Gasteiger partial charge in [-0.3, -0.25) is 19.6 Å². The summed E-state index contributed by atoms with van der Waals surface area (Å²) in [5, 5.41) is 27.7. The van der Waals surface area contributed by atoms with Gasteiger partial charge in [-0.1, -0.05) is 108 Å². The normalized spacial score (nSPS) is 13.8. The molecule has 0 amide bonds. The Morgan fingerprint density at radius 1 is 0.551 bits per heavy atom. The van der Waals surface area contributed by atoms with E-state index in [0.717, 1.165) is 44.5 Å². The molecular weight excluding hydrogens is 655 g/mol. The Bertz CT molecular complexity index is 1770. The van der Waals surface area contributed by atoms with E-state index >= 15 is 0 Å². The van der Waals surface area contributed by atoms with Crippen molar-refractivity contribution in [2.24, 2.45) is 9.98 Å². The van der Waals surface area contributed by atoms with E-state index < -0.39 is 35.2 Å². The first-order valence-electron chi connectivity index (χ1n) is 16.0. The number of rotatable bonds is 11. The summed E-state index contributed by atoms with van der Waals surface area (Å²) in [5.74, 6) is -1.60. The van der Waals surface area contributed by atoms with Crippen LogP contribution < -0.4 is 10.2 Å². The van der Waals surface area contributed by atoms with E-state index in [1.54, 1.807) is 0 Å². The van der Waals surface area contributed by atoms with Crippen LogP contribution in [-0.2, 0) is 26.4 Å².